The molecule has 1 nitrogen and oxygen atoms in total. The molecular weight excluding hydrogens is 262 g/mol. The molecule has 2 aromatic carbocycles. The molecule has 0 saturated heterocycles. The summed E-state index contributed by atoms with van der Waals surface area (Å²) in [5.74, 6) is 0.801. The van der Waals surface area contributed by atoms with E-state index in [-0.39, 0.29) is 0 Å². The number of hydrogen-bond donors (Lipinski definition) is 1. The Kier molecular flexibility index (Phi) is 7.95. The second-order valence-corrected chi connectivity index (χ2v) is 4.73. The molecule has 0 spiro atoms. The summed E-state index contributed by atoms with van der Waals surface area (Å²) in [6.45, 7) is 3.50. The average Bonchev–Trinajstić information content (AvgIpc) is 2.51. The molecule has 0 bridgehead atoms. The van der Waals surface area contributed by atoms with Gasteiger partial charge in [-0.15, -0.1) is 0 Å². The molecule has 0 unspecified atom stereocenters. The van der Waals surface area contributed by atoms with Gasteiger partial charge in [-0.25, -0.2) is 5.26 Å². The summed E-state index contributed by atoms with van der Waals surface area (Å²) < 4.78 is 0. The summed E-state index contributed by atoms with van der Waals surface area (Å²) in [6.07, 6.45) is 4.25. The zero-order valence-corrected chi connectivity index (χ0v) is 12.3. The number of hydrogen-bond acceptors (Lipinski definition) is 2. The Morgan fingerprint density at radius 2 is 1.25 bits per heavy atom. The van der Waals surface area contributed by atoms with E-state index in [1.54, 1.807) is 0 Å². The zero-order valence-electron chi connectivity index (χ0n) is 11.4. The first-order valence-corrected chi connectivity index (χ1v) is 7.14. The van der Waals surface area contributed by atoms with Crippen LogP contribution in [0.4, 0.5) is 0 Å². The van der Waals surface area contributed by atoms with Crippen LogP contribution in [-0.2, 0) is 12.8 Å². The lowest BCUT2D eigenvalue weighted by molar-refractivity contribution is 1.03. The van der Waals surface area contributed by atoms with Crippen molar-refractivity contribution < 1.29 is 0 Å². The Hall–Kier alpha value is -1.98. The van der Waals surface area contributed by atoms with Gasteiger partial charge in [0.2, 0.25) is 0 Å². The van der Waals surface area contributed by atoms with E-state index in [1.165, 1.54) is 16.7 Å². The third kappa shape index (κ3) is 5.77. The first kappa shape index (κ1) is 16.1. The van der Waals surface area contributed by atoms with Gasteiger partial charge in [-0.3, -0.25) is 0 Å². The molecule has 0 saturated carbocycles. The molecule has 0 radical (unpaired) electrons. The summed E-state index contributed by atoms with van der Waals surface area (Å²) >= 11 is 4.32. The van der Waals surface area contributed by atoms with Crippen molar-refractivity contribution in [3.05, 3.63) is 83.4 Å². The Balaban J connectivity index is 0.000000956. The van der Waals surface area contributed by atoms with Crippen molar-refractivity contribution in [2.75, 3.05) is 5.75 Å². The lowest BCUT2D eigenvalue weighted by Gasteiger charge is -2.08. The maximum absolute atomic E-state index is 6.50. The molecule has 20 heavy (non-hydrogen) atoms. The van der Waals surface area contributed by atoms with Crippen molar-refractivity contribution in [1.29, 1.82) is 5.26 Å². The largest absolute Gasteiger partial charge is 0.202 e. The van der Waals surface area contributed by atoms with Crippen LogP contribution in [0.25, 0.3) is 0 Å². The van der Waals surface area contributed by atoms with Crippen LogP contribution in [0.5, 0.6) is 0 Å². The highest BCUT2D eigenvalue weighted by Crippen LogP contribution is 2.14. The molecule has 2 rings (SSSR count). The molecule has 0 heterocycles. The lowest BCUT2D eigenvalue weighted by atomic mass is 9.98. The van der Waals surface area contributed by atoms with Crippen molar-refractivity contribution >= 4 is 12.6 Å². The number of thiol groups is 1. The van der Waals surface area contributed by atoms with E-state index in [0.717, 1.165) is 18.6 Å². The van der Waals surface area contributed by atoms with Crippen LogP contribution in [0.2, 0.25) is 0 Å². The maximum atomic E-state index is 6.50. The zero-order chi connectivity index (χ0) is 14.6. The Bertz CT molecular complexity index is 486. The van der Waals surface area contributed by atoms with Crippen LogP contribution in [0.1, 0.15) is 11.1 Å². The van der Waals surface area contributed by atoms with Crippen LogP contribution in [0, 0.1) is 11.8 Å². The Morgan fingerprint density at radius 3 is 1.60 bits per heavy atom. The van der Waals surface area contributed by atoms with E-state index in [1.807, 2.05) is 0 Å². The van der Waals surface area contributed by atoms with E-state index in [9.17, 15) is 0 Å². The predicted molar refractivity (Wildman–Crippen MR) is 88.9 cm³/mol. The van der Waals surface area contributed by atoms with Crippen LogP contribution >= 0.6 is 12.6 Å². The van der Waals surface area contributed by atoms with Crippen molar-refractivity contribution in [2.45, 2.75) is 12.8 Å². The monoisotopic (exact) mass is 281 g/mol. The fourth-order valence-corrected chi connectivity index (χ4v) is 2.31. The van der Waals surface area contributed by atoms with E-state index in [2.05, 4.69) is 85.9 Å². The molecule has 0 aliphatic heterocycles. The molecule has 102 valence electrons. The van der Waals surface area contributed by atoms with Crippen molar-refractivity contribution in [2.24, 2.45) is 0 Å². The number of nitrogens with zero attached hydrogens (tertiary/aromatic N) is 1. The number of allylic oxidation sites excluding steroid dienone is 1. The van der Waals surface area contributed by atoms with Crippen LogP contribution in [0.3, 0.4) is 0 Å². The van der Waals surface area contributed by atoms with Gasteiger partial charge in [0.15, 0.2) is 0 Å². The van der Waals surface area contributed by atoms with Crippen molar-refractivity contribution in [1.82, 2.24) is 0 Å². The Labute approximate surface area is 127 Å². The van der Waals surface area contributed by atoms with Crippen molar-refractivity contribution in [3.63, 3.8) is 0 Å². The van der Waals surface area contributed by atoms with Crippen LogP contribution in [-0.4, -0.2) is 5.75 Å². The highest BCUT2D eigenvalue weighted by Gasteiger charge is 2.01. The fraction of sp³-hybridized carbons (Fsp3) is 0.167. The third-order valence-corrected chi connectivity index (χ3v) is 3.11. The molecule has 0 amide bonds. The van der Waals surface area contributed by atoms with Crippen LogP contribution in [0.15, 0.2) is 72.3 Å². The van der Waals surface area contributed by atoms with Gasteiger partial charge >= 0.3 is 0 Å². The molecule has 0 atom stereocenters. The number of nitriles is 1. The van der Waals surface area contributed by atoms with Gasteiger partial charge in [0, 0.05) is 12.3 Å². The van der Waals surface area contributed by atoms with Gasteiger partial charge in [0.1, 0.15) is 0 Å². The van der Waals surface area contributed by atoms with E-state index >= 15 is 0 Å². The smallest absolute Gasteiger partial charge is 0.0462 e. The summed E-state index contributed by atoms with van der Waals surface area (Å²) in [5.41, 5.74) is 4.16. The van der Waals surface area contributed by atoms with Crippen LogP contribution < -0.4 is 0 Å². The summed E-state index contributed by atoms with van der Waals surface area (Å²) in [5, 5.41) is 6.50. The molecule has 0 aromatic heterocycles. The molecule has 2 heteroatoms. The van der Waals surface area contributed by atoms with Gasteiger partial charge in [-0.05, 0) is 24.0 Å². The second-order valence-electron chi connectivity index (χ2n) is 4.37. The molecule has 2 aromatic rings. The standard InChI is InChI=1S/C17H18S.CHN/c18-12-11-17(13-15-7-3-1-4-8-15)14-16-9-5-2-6-10-16;1-2/h1-11,18H,12-14H2;1H. The van der Waals surface area contributed by atoms with Gasteiger partial charge in [-0.1, -0.05) is 72.3 Å². The molecular formula is C18H19NS. The normalized spacial score (nSPS) is 9.15. The molecule has 0 aliphatic rings. The SMILES string of the molecule is C#N.SCC=C(Cc1ccccc1)Cc1ccccc1. The molecule has 0 aliphatic carbocycles. The van der Waals surface area contributed by atoms with Gasteiger partial charge in [0.25, 0.3) is 0 Å². The Morgan fingerprint density at radius 1 is 0.850 bits per heavy atom. The third-order valence-electron chi connectivity index (χ3n) is 2.93. The molecule has 0 N–H and O–H groups in total. The minimum atomic E-state index is 0.801. The number of rotatable bonds is 5. The van der Waals surface area contributed by atoms with E-state index < -0.39 is 0 Å². The topological polar surface area (TPSA) is 23.8 Å². The van der Waals surface area contributed by atoms with E-state index in [0.29, 0.717) is 0 Å². The minimum absolute atomic E-state index is 0.801. The first-order chi connectivity index (χ1) is 9.88. The summed E-state index contributed by atoms with van der Waals surface area (Å²) in [7, 11) is 0. The van der Waals surface area contributed by atoms with Crippen molar-refractivity contribution in [3.8, 4) is 6.57 Å². The summed E-state index contributed by atoms with van der Waals surface area (Å²) in [6, 6.07) is 21.2. The number of benzene rings is 2. The van der Waals surface area contributed by atoms with Gasteiger partial charge in [0.05, 0.1) is 0 Å². The quantitative estimate of drug-likeness (QED) is 0.634. The minimum Gasteiger partial charge on any atom is -0.202 e. The summed E-state index contributed by atoms with van der Waals surface area (Å²) in [4.78, 5) is 0. The second kappa shape index (κ2) is 9.89. The highest BCUT2D eigenvalue weighted by atomic mass is 32.1. The average molecular weight is 281 g/mol. The predicted octanol–water partition coefficient (Wildman–Crippen LogP) is 4.47. The molecule has 0 fully saturated rings. The van der Waals surface area contributed by atoms with Gasteiger partial charge in [-0.2, -0.15) is 12.6 Å². The fourth-order valence-electron chi connectivity index (χ4n) is 2.05. The highest BCUT2D eigenvalue weighted by molar-refractivity contribution is 7.80. The maximum Gasteiger partial charge on any atom is 0.0462 e. The van der Waals surface area contributed by atoms with Gasteiger partial charge < -0.3 is 0 Å². The first-order valence-electron chi connectivity index (χ1n) is 6.51. The van der Waals surface area contributed by atoms with E-state index in [4.69, 9.17) is 5.26 Å². The lowest BCUT2D eigenvalue weighted by Crippen LogP contribution is -1.96.